The zero-order valence-electron chi connectivity index (χ0n) is 6.79. The number of halogens is 1. The number of hydrogen-bond donors (Lipinski definition) is 2. The molecule has 0 aromatic heterocycles. The molecule has 1 rings (SSSR count). The minimum atomic E-state index is -0.475. The molecule has 0 spiro atoms. The molecule has 1 aromatic carbocycles. The largest absolute Gasteiger partial charge is 0.508 e. The van der Waals surface area contributed by atoms with Gasteiger partial charge in [-0.1, -0.05) is 13.0 Å². The molecule has 0 saturated heterocycles. The molecule has 1 atom stereocenters. The molecule has 1 unspecified atom stereocenters. The van der Waals surface area contributed by atoms with Crippen molar-refractivity contribution in [1.29, 1.82) is 0 Å². The molecule has 0 aliphatic rings. The van der Waals surface area contributed by atoms with Crippen molar-refractivity contribution in [2.75, 3.05) is 6.61 Å². The third kappa shape index (κ3) is 1.74. The number of phenols is 1. The Morgan fingerprint density at radius 3 is 2.67 bits per heavy atom. The lowest BCUT2D eigenvalue weighted by atomic mass is 10.0. The van der Waals surface area contributed by atoms with Gasteiger partial charge in [-0.3, -0.25) is 0 Å². The number of hydrogen-bond acceptors (Lipinski definition) is 2. The van der Waals surface area contributed by atoms with Crippen LogP contribution in [-0.4, -0.2) is 16.8 Å². The molecular formula is C9H11FO2. The first-order chi connectivity index (χ1) is 5.65. The molecule has 0 aliphatic heterocycles. The quantitative estimate of drug-likeness (QED) is 0.708. The second kappa shape index (κ2) is 3.54. The molecule has 3 heteroatoms. The van der Waals surface area contributed by atoms with E-state index in [9.17, 15) is 4.39 Å². The van der Waals surface area contributed by atoms with Gasteiger partial charge >= 0.3 is 0 Å². The molecule has 2 nitrogen and oxygen atoms in total. The first kappa shape index (κ1) is 9.00. The van der Waals surface area contributed by atoms with Crippen molar-refractivity contribution in [2.24, 2.45) is 0 Å². The zero-order chi connectivity index (χ0) is 9.14. The van der Waals surface area contributed by atoms with E-state index in [0.717, 1.165) is 6.07 Å². The maximum absolute atomic E-state index is 13.0. The molecule has 0 fully saturated rings. The summed E-state index contributed by atoms with van der Waals surface area (Å²) < 4.78 is 13.0. The highest BCUT2D eigenvalue weighted by Crippen LogP contribution is 2.21. The van der Waals surface area contributed by atoms with Crippen molar-refractivity contribution in [2.45, 2.75) is 12.8 Å². The molecule has 0 amide bonds. The Bertz CT molecular complexity index is 273. The van der Waals surface area contributed by atoms with Gasteiger partial charge in [0.05, 0.1) is 0 Å². The fourth-order valence-electron chi connectivity index (χ4n) is 1.01. The van der Waals surface area contributed by atoms with Gasteiger partial charge in [-0.05, 0) is 11.6 Å². The van der Waals surface area contributed by atoms with Gasteiger partial charge in [0.2, 0.25) is 0 Å². The zero-order valence-corrected chi connectivity index (χ0v) is 6.79. The first-order valence-electron chi connectivity index (χ1n) is 3.74. The van der Waals surface area contributed by atoms with Gasteiger partial charge in [0, 0.05) is 18.6 Å². The predicted octanol–water partition coefficient (Wildman–Crippen LogP) is 1.63. The van der Waals surface area contributed by atoms with Crippen LogP contribution in [0.5, 0.6) is 5.75 Å². The highest BCUT2D eigenvalue weighted by Gasteiger charge is 2.09. The summed E-state index contributed by atoms with van der Waals surface area (Å²) in [7, 11) is 0. The summed E-state index contributed by atoms with van der Waals surface area (Å²) in [6.45, 7) is 1.62. The number of aromatic hydroxyl groups is 1. The van der Waals surface area contributed by atoms with Gasteiger partial charge in [0.15, 0.2) is 0 Å². The van der Waals surface area contributed by atoms with Crippen LogP contribution >= 0.6 is 0 Å². The molecule has 12 heavy (non-hydrogen) atoms. The minimum Gasteiger partial charge on any atom is -0.508 e. The van der Waals surface area contributed by atoms with Crippen LogP contribution in [0.2, 0.25) is 0 Å². The second-order valence-electron chi connectivity index (χ2n) is 2.79. The van der Waals surface area contributed by atoms with E-state index in [0.29, 0.717) is 5.56 Å². The SMILES string of the molecule is CC(CO)c1ccc(O)cc1F. The summed E-state index contributed by atoms with van der Waals surface area (Å²) >= 11 is 0. The molecule has 0 aliphatic carbocycles. The molecule has 0 heterocycles. The third-order valence-corrected chi connectivity index (χ3v) is 1.79. The van der Waals surface area contributed by atoms with E-state index < -0.39 is 5.82 Å². The van der Waals surface area contributed by atoms with Crippen LogP contribution < -0.4 is 0 Å². The monoisotopic (exact) mass is 170 g/mol. The lowest BCUT2D eigenvalue weighted by Gasteiger charge is -2.08. The maximum Gasteiger partial charge on any atom is 0.130 e. The van der Waals surface area contributed by atoms with Gasteiger partial charge in [-0.25, -0.2) is 4.39 Å². The predicted molar refractivity (Wildman–Crippen MR) is 43.6 cm³/mol. The van der Waals surface area contributed by atoms with Gasteiger partial charge in [0.1, 0.15) is 11.6 Å². The van der Waals surface area contributed by atoms with Gasteiger partial charge in [-0.2, -0.15) is 0 Å². The van der Waals surface area contributed by atoms with Crippen molar-refractivity contribution >= 4 is 0 Å². The van der Waals surface area contributed by atoms with E-state index in [-0.39, 0.29) is 18.3 Å². The van der Waals surface area contributed by atoms with Crippen molar-refractivity contribution in [3.8, 4) is 5.75 Å². The second-order valence-corrected chi connectivity index (χ2v) is 2.79. The fourth-order valence-corrected chi connectivity index (χ4v) is 1.01. The summed E-state index contributed by atoms with van der Waals surface area (Å²) in [6, 6.07) is 3.93. The fraction of sp³-hybridized carbons (Fsp3) is 0.333. The van der Waals surface area contributed by atoms with Gasteiger partial charge in [-0.15, -0.1) is 0 Å². The van der Waals surface area contributed by atoms with E-state index in [2.05, 4.69) is 0 Å². The Kier molecular flexibility index (Phi) is 2.65. The first-order valence-corrected chi connectivity index (χ1v) is 3.74. The molecule has 66 valence electrons. The Hall–Kier alpha value is -1.09. The molecular weight excluding hydrogens is 159 g/mol. The van der Waals surface area contributed by atoms with E-state index in [4.69, 9.17) is 10.2 Å². The van der Waals surface area contributed by atoms with Crippen LogP contribution in [-0.2, 0) is 0 Å². The molecule has 0 bridgehead atoms. The van der Waals surface area contributed by atoms with Crippen LogP contribution in [0, 0.1) is 5.82 Å². The van der Waals surface area contributed by atoms with Crippen LogP contribution in [0.25, 0.3) is 0 Å². The topological polar surface area (TPSA) is 40.5 Å². The van der Waals surface area contributed by atoms with Crippen LogP contribution in [0.1, 0.15) is 18.4 Å². The summed E-state index contributed by atoms with van der Waals surface area (Å²) in [5.41, 5.74) is 0.426. The Labute approximate surface area is 70.3 Å². The van der Waals surface area contributed by atoms with E-state index in [1.165, 1.54) is 12.1 Å². The van der Waals surface area contributed by atoms with Crippen LogP contribution in [0.4, 0.5) is 4.39 Å². The lowest BCUT2D eigenvalue weighted by Crippen LogP contribution is -2.01. The number of benzene rings is 1. The number of phenolic OH excluding ortho intramolecular Hbond substituents is 1. The normalized spacial score (nSPS) is 12.9. The third-order valence-electron chi connectivity index (χ3n) is 1.79. The van der Waals surface area contributed by atoms with E-state index in [1.54, 1.807) is 6.92 Å². The Balaban J connectivity index is 3.01. The summed E-state index contributed by atoms with van der Waals surface area (Å²) in [4.78, 5) is 0. The number of aliphatic hydroxyl groups excluding tert-OH is 1. The molecule has 2 N–H and O–H groups in total. The van der Waals surface area contributed by atoms with Crippen LogP contribution in [0.15, 0.2) is 18.2 Å². The maximum atomic E-state index is 13.0. The minimum absolute atomic E-state index is 0.0955. The molecule has 0 saturated carbocycles. The average molecular weight is 170 g/mol. The highest BCUT2D eigenvalue weighted by atomic mass is 19.1. The molecule has 1 aromatic rings. The van der Waals surface area contributed by atoms with Crippen molar-refractivity contribution in [3.05, 3.63) is 29.6 Å². The number of rotatable bonds is 2. The number of aliphatic hydroxyl groups is 1. The van der Waals surface area contributed by atoms with Crippen molar-refractivity contribution < 1.29 is 14.6 Å². The smallest absolute Gasteiger partial charge is 0.130 e. The average Bonchev–Trinajstić information content (AvgIpc) is 2.03. The van der Waals surface area contributed by atoms with Crippen molar-refractivity contribution in [1.82, 2.24) is 0 Å². The summed E-state index contributed by atoms with van der Waals surface area (Å²) in [5.74, 6) is -0.802. The standard InChI is InChI=1S/C9H11FO2/c1-6(5-11)8-3-2-7(12)4-9(8)10/h2-4,6,11-12H,5H2,1H3. The Morgan fingerprint density at radius 1 is 1.50 bits per heavy atom. The van der Waals surface area contributed by atoms with Crippen molar-refractivity contribution in [3.63, 3.8) is 0 Å². The van der Waals surface area contributed by atoms with Gasteiger partial charge < -0.3 is 10.2 Å². The Morgan fingerprint density at radius 2 is 2.17 bits per heavy atom. The summed E-state index contributed by atoms with van der Waals surface area (Å²) in [6.07, 6.45) is 0. The molecule has 0 radical (unpaired) electrons. The highest BCUT2D eigenvalue weighted by molar-refractivity contribution is 5.29. The van der Waals surface area contributed by atoms with Gasteiger partial charge in [0.25, 0.3) is 0 Å². The van der Waals surface area contributed by atoms with E-state index >= 15 is 0 Å². The van der Waals surface area contributed by atoms with Crippen LogP contribution in [0.3, 0.4) is 0 Å². The van der Waals surface area contributed by atoms with E-state index in [1.807, 2.05) is 0 Å². The summed E-state index contributed by atoms with van der Waals surface area (Å²) in [5, 5.41) is 17.6. The lowest BCUT2D eigenvalue weighted by molar-refractivity contribution is 0.270.